The number of rotatable bonds is 2. The van der Waals surface area contributed by atoms with Crippen LogP contribution in [0.4, 0.5) is 24.7 Å². The molecule has 0 bridgehead atoms. The third kappa shape index (κ3) is 2.68. The average molecular weight is 390 g/mol. The summed E-state index contributed by atoms with van der Waals surface area (Å²) in [5.41, 5.74) is 0.430. The monoisotopic (exact) mass is 390 g/mol. The van der Waals surface area contributed by atoms with Gasteiger partial charge in [-0.2, -0.15) is 0 Å². The summed E-state index contributed by atoms with van der Waals surface area (Å²) in [6.45, 7) is 0. The molecule has 0 spiro atoms. The number of halogens is 3. The fourth-order valence-corrected chi connectivity index (χ4v) is 4.41. The molecule has 0 unspecified atom stereocenters. The summed E-state index contributed by atoms with van der Waals surface area (Å²) in [4.78, 5) is 26.7. The Labute approximate surface area is 156 Å². The molecule has 4 nitrogen and oxygen atoms in total. The van der Waals surface area contributed by atoms with Gasteiger partial charge in [-0.15, -0.1) is 0 Å². The first-order chi connectivity index (χ1) is 12.9. The zero-order valence-electron chi connectivity index (χ0n) is 14.1. The van der Waals surface area contributed by atoms with E-state index in [1.807, 2.05) is 0 Å². The largest absolute Gasteiger partial charge is 0.308 e. The molecule has 0 fully saturated rings. The quantitative estimate of drug-likeness (QED) is 0.619. The van der Waals surface area contributed by atoms with E-state index in [0.29, 0.717) is 16.4 Å². The Morgan fingerprint density at radius 2 is 1.70 bits per heavy atom. The van der Waals surface area contributed by atoms with E-state index in [1.165, 1.54) is 16.5 Å². The highest BCUT2D eigenvalue weighted by atomic mass is 32.1. The molecule has 8 heteroatoms. The van der Waals surface area contributed by atoms with Crippen LogP contribution in [-0.4, -0.2) is 10.5 Å². The second kappa shape index (κ2) is 6.38. The molecule has 3 aromatic rings. The third-order valence-corrected chi connectivity index (χ3v) is 5.76. The fraction of sp³-hybridized carbons (Fsp3) is 0.158. The van der Waals surface area contributed by atoms with Crippen molar-refractivity contribution in [2.24, 2.45) is 7.05 Å². The summed E-state index contributed by atoms with van der Waals surface area (Å²) in [5.74, 6) is -5.13. The highest BCUT2D eigenvalue weighted by molar-refractivity contribution is 7.10. The molecule has 0 saturated heterocycles. The van der Waals surface area contributed by atoms with Crippen LogP contribution < -0.4 is 9.77 Å². The lowest BCUT2D eigenvalue weighted by Gasteiger charge is -2.32. The SMILES string of the molecule is Cn1c2c(sc1=O)[C@H](c1ccc(F)c(F)c1F)CC(=O)N2c1ccccc1. The van der Waals surface area contributed by atoms with Crippen LogP contribution in [0.3, 0.4) is 0 Å². The van der Waals surface area contributed by atoms with Crippen molar-refractivity contribution >= 4 is 28.7 Å². The molecule has 1 atom stereocenters. The highest BCUT2D eigenvalue weighted by Crippen LogP contribution is 2.45. The smallest absolute Gasteiger partial charge is 0.288 e. The molecule has 1 amide bonds. The number of fused-ring (bicyclic) bond motifs is 1. The molecular weight excluding hydrogens is 377 g/mol. The Hall–Kier alpha value is -2.87. The first kappa shape index (κ1) is 17.5. The number of nitrogens with zero attached hydrogens (tertiary/aromatic N) is 2. The maximum absolute atomic E-state index is 14.4. The van der Waals surface area contributed by atoms with E-state index in [0.717, 1.165) is 23.5 Å². The molecule has 2 heterocycles. The van der Waals surface area contributed by atoms with Gasteiger partial charge in [-0.25, -0.2) is 13.2 Å². The van der Waals surface area contributed by atoms with Crippen LogP contribution in [0.5, 0.6) is 0 Å². The standard InChI is InChI=1S/C19H13F3N2O2S/c1-23-18-17(27-19(23)26)12(11-7-8-13(20)16(22)15(11)21)9-14(25)24(18)10-5-3-2-4-6-10/h2-8,12H,9H2,1H3/t12-/m0/s1. The molecule has 1 aliphatic heterocycles. The van der Waals surface area contributed by atoms with E-state index >= 15 is 0 Å². The fourth-order valence-electron chi connectivity index (χ4n) is 3.33. The molecule has 27 heavy (non-hydrogen) atoms. The molecular formula is C19H13F3N2O2S. The number of thiazole rings is 1. The van der Waals surface area contributed by atoms with E-state index in [2.05, 4.69) is 0 Å². The second-order valence-electron chi connectivity index (χ2n) is 6.20. The number of hydrogen-bond acceptors (Lipinski definition) is 3. The number of para-hydroxylation sites is 1. The molecule has 138 valence electrons. The van der Waals surface area contributed by atoms with Crippen LogP contribution in [0.25, 0.3) is 0 Å². The Balaban J connectivity index is 1.93. The predicted molar refractivity (Wildman–Crippen MR) is 95.9 cm³/mol. The van der Waals surface area contributed by atoms with Crippen LogP contribution in [0.1, 0.15) is 22.8 Å². The number of carbonyl (C=O) groups is 1. The minimum Gasteiger partial charge on any atom is -0.288 e. The summed E-state index contributed by atoms with van der Waals surface area (Å²) >= 11 is 0.870. The molecule has 1 aromatic heterocycles. The highest BCUT2D eigenvalue weighted by Gasteiger charge is 2.38. The minimum absolute atomic E-state index is 0.141. The summed E-state index contributed by atoms with van der Waals surface area (Å²) < 4.78 is 42.7. The molecule has 0 aliphatic carbocycles. The molecule has 0 N–H and O–H groups in total. The maximum Gasteiger partial charge on any atom is 0.308 e. The number of amides is 1. The summed E-state index contributed by atoms with van der Waals surface area (Å²) in [7, 11) is 1.52. The van der Waals surface area contributed by atoms with Gasteiger partial charge in [-0.05, 0) is 18.2 Å². The first-order valence-electron chi connectivity index (χ1n) is 8.11. The molecule has 4 rings (SSSR count). The van der Waals surface area contributed by atoms with Crippen LogP contribution in [-0.2, 0) is 11.8 Å². The van der Waals surface area contributed by atoms with E-state index in [1.54, 1.807) is 30.3 Å². The van der Waals surface area contributed by atoms with E-state index in [-0.39, 0.29) is 22.8 Å². The van der Waals surface area contributed by atoms with E-state index in [4.69, 9.17) is 0 Å². The predicted octanol–water partition coefficient (Wildman–Crippen LogP) is 4.06. The lowest BCUT2D eigenvalue weighted by Crippen LogP contribution is -2.34. The van der Waals surface area contributed by atoms with Crippen molar-refractivity contribution in [3.8, 4) is 0 Å². The van der Waals surface area contributed by atoms with Crippen molar-refractivity contribution in [1.82, 2.24) is 4.57 Å². The molecule has 1 aliphatic rings. The van der Waals surface area contributed by atoms with Gasteiger partial charge in [0.25, 0.3) is 0 Å². The number of hydrogen-bond donors (Lipinski definition) is 0. The van der Waals surface area contributed by atoms with Gasteiger partial charge in [-0.3, -0.25) is 19.1 Å². The van der Waals surface area contributed by atoms with E-state index < -0.39 is 23.4 Å². The van der Waals surface area contributed by atoms with Crippen LogP contribution in [0.2, 0.25) is 0 Å². The van der Waals surface area contributed by atoms with Gasteiger partial charge in [0.15, 0.2) is 17.5 Å². The van der Waals surface area contributed by atoms with Gasteiger partial charge in [-0.1, -0.05) is 35.6 Å². The van der Waals surface area contributed by atoms with Crippen molar-refractivity contribution in [2.45, 2.75) is 12.3 Å². The molecule has 0 saturated carbocycles. The average Bonchev–Trinajstić information content (AvgIpc) is 2.95. The van der Waals surface area contributed by atoms with Crippen molar-refractivity contribution in [3.05, 3.63) is 80.0 Å². The van der Waals surface area contributed by atoms with Gasteiger partial charge < -0.3 is 0 Å². The topological polar surface area (TPSA) is 42.3 Å². The van der Waals surface area contributed by atoms with Gasteiger partial charge in [0.05, 0.1) is 10.6 Å². The number of aromatic nitrogens is 1. The number of carbonyl (C=O) groups excluding carboxylic acids is 1. The van der Waals surface area contributed by atoms with Crippen molar-refractivity contribution in [1.29, 1.82) is 0 Å². The number of anilines is 2. The van der Waals surface area contributed by atoms with Crippen LogP contribution in [0.15, 0.2) is 47.3 Å². The summed E-state index contributed by atoms with van der Waals surface area (Å²) in [5, 5.41) is 0. The maximum atomic E-state index is 14.4. The minimum atomic E-state index is -1.59. The first-order valence-corrected chi connectivity index (χ1v) is 8.93. The Morgan fingerprint density at radius 1 is 1.00 bits per heavy atom. The Morgan fingerprint density at radius 3 is 2.41 bits per heavy atom. The van der Waals surface area contributed by atoms with Crippen molar-refractivity contribution in [2.75, 3.05) is 4.90 Å². The summed E-state index contributed by atoms with van der Waals surface area (Å²) in [6, 6.07) is 10.7. The molecule has 0 radical (unpaired) electrons. The number of benzene rings is 2. The van der Waals surface area contributed by atoms with E-state index in [9.17, 15) is 22.8 Å². The van der Waals surface area contributed by atoms with Gasteiger partial charge in [0.1, 0.15) is 5.82 Å². The Bertz CT molecular complexity index is 1110. The Kier molecular flexibility index (Phi) is 4.15. The van der Waals surface area contributed by atoms with Gasteiger partial charge in [0, 0.05) is 24.9 Å². The van der Waals surface area contributed by atoms with Crippen molar-refractivity contribution in [3.63, 3.8) is 0 Å². The van der Waals surface area contributed by atoms with Crippen LogP contribution in [0, 0.1) is 17.5 Å². The van der Waals surface area contributed by atoms with Gasteiger partial charge in [0.2, 0.25) is 5.91 Å². The van der Waals surface area contributed by atoms with Crippen LogP contribution >= 0.6 is 11.3 Å². The molecule has 2 aromatic carbocycles. The summed E-state index contributed by atoms with van der Waals surface area (Å²) in [6.07, 6.45) is -0.163. The van der Waals surface area contributed by atoms with Gasteiger partial charge >= 0.3 is 4.87 Å². The second-order valence-corrected chi connectivity index (χ2v) is 7.19. The van der Waals surface area contributed by atoms with Crippen molar-refractivity contribution < 1.29 is 18.0 Å². The normalized spacial score (nSPS) is 16.5. The lowest BCUT2D eigenvalue weighted by atomic mass is 9.90. The zero-order valence-corrected chi connectivity index (χ0v) is 14.9. The zero-order chi connectivity index (χ0) is 19.3. The lowest BCUT2D eigenvalue weighted by molar-refractivity contribution is -0.118. The third-order valence-electron chi connectivity index (χ3n) is 4.62.